The van der Waals surface area contributed by atoms with Crippen molar-refractivity contribution in [1.82, 2.24) is 10.2 Å². The van der Waals surface area contributed by atoms with Crippen LogP contribution in [0.4, 0.5) is 4.79 Å². The lowest BCUT2D eigenvalue weighted by atomic mass is 10.1. The molecule has 118 valence electrons. The Morgan fingerprint density at radius 1 is 1.43 bits per heavy atom. The molecular weight excluding hydrogens is 274 g/mol. The lowest BCUT2D eigenvalue weighted by Crippen LogP contribution is -2.51. The fourth-order valence-electron chi connectivity index (χ4n) is 1.71. The normalized spacial score (nSPS) is 19.3. The molecule has 0 saturated heterocycles. The molecule has 0 saturated carbocycles. The topological polar surface area (TPSA) is 105 Å². The molecule has 0 radical (unpaired) electrons. The summed E-state index contributed by atoms with van der Waals surface area (Å²) in [5.74, 6) is -0.408. The molecule has 7 nitrogen and oxygen atoms in total. The number of carbonyl (C=O) groups excluding carboxylic acids is 2. The highest BCUT2D eigenvalue weighted by molar-refractivity contribution is 5.83. The van der Waals surface area contributed by atoms with Gasteiger partial charge in [-0.15, -0.1) is 0 Å². The largest absolute Gasteiger partial charge is 0.444 e. The third-order valence-electron chi connectivity index (χ3n) is 2.67. The fourth-order valence-corrected chi connectivity index (χ4v) is 1.71. The van der Waals surface area contributed by atoms with E-state index in [1.165, 1.54) is 4.90 Å². The van der Waals surface area contributed by atoms with Crippen molar-refractivity contribution in [3.8, 4) is 0 Å². The highest BCUT2D eigenvalue weighted by Crippen LogP contribution is 2.11. The van der Waals surface area contributed by atoms with Crippen LogP contribution < -0.4 is 11.1 Å². The van der Waals surface area contributed by atoms with E-state index in [2.05, 4.69) is 5.32 Å². The minimum atomic E-state index is -0.981. The van der Waals surface area contributed by atoms with Crippen molar-refractivity contribution in [3.05, 3.63) is 24.4 Å². The maximum absolute atomic E-state index is 12.0. The first-order valence-corrected chi connectivity index (χ1v) is 6.75. The molecule has 1 aliphatic rings. The molecule has 0 bridgehead atoms. The predicted octanol–water partition coefficient (Wildman–Crippen LogP) is 0.111. The van der Waals surface area contributed by atoms with Crippen molar-refractivity contribution in [1.29, 1.82) is 0 Å². The number of nitrogens with one attached hydrogen (secondary N) is 1. The van der Waals surface area contributed by atoms with Crippen molar-refractivity contribution < 1.29 is 19.4 Å². The van der Waals surface area contributed by atoms with E-state index in [4.69, 9.17) is 15.6 Å². The number of hydrogen-bond acceptors (Lipinski definition) is 5. The highest BCUT2D eigenvalue weighted by atomic mass is 16.6. The Hall–Kier alpha value is -1.86. The van der Waals surface area contributed by atoms with Gasteiger partial charge in [-0.3, -0.25) is 4.79 Å². The molecule has 1 heterocycles. The van der Waals surface area contributed by atoms with Gasteiger partial charge < -0.3 is 25.8 Å². The molecule has 1 unspecified atom stereocenters. The smallest absolute Gasteiger partial charge is 0.407 e. The minimum absolute atomic E-state index is 0.194. The first-order valence-electron chi connectivity index (χ1n) is 6.75. The fraction of sp³-hybridized carbons (Fsp3) is 0.571. The van der Waals surface area contributed by atoms with Crippen LogP contribution in [0.25, 0.3) is 0 Å². The third-order valence-corrected chi connectivity index (χ3v) is 2.67. The van der Waals surface area contributed by atoms with Crippen molar-refractivity contribution >= 4 is 12.0 Å². The Balaban J connectivity index is 2.60. The van der Waals surface area contributed by atoms with Crippen LogP contribution >= 0.6 is 0 Å². The molecule has 0 aliphatic carbocycles. The first-order chi connectivity index (χ1) is 9.74. The van der Waals surface area contributed by atoms with Gasteiger partial charge in [0.25, 0.3) is 0 Å². The maximum atomic E-state index is 12.0. The van der Waals surface area contributed by atoms with Crippen LogP contribution in [0.1, 0.15) is 20.8 Å². The standard InChI is InChI=1S/C14H23N3O4/c1-14(2,3)21-13(20)16-8-10-6-4-5-7-17(10)12(19)11(15)9-18/h4-7,10-11,18H,8-9,15H2,1-3H3,(H,16,20)/t10?,11-/m0/s1. The van der Waals surface area contributed by atoms with E-state index >= 15 is 0 Å². The van der Waals surface area contributed by atoms with Crippen LogP contribution in [0.5, 0.6) is 0 Å². The number of allylic oxidation sites excluding steroid dienone is 2. The third kappa shape index (κ3) is 5.57. The van der Waals surface area contributed by atoms with Crippen LogP contribution in [0.2, 0.25) is 0 Å². The van der Waals surface area contributed by atoms with E-state index in [-0.39, 0.29) is 12.6 Å². The van der Waals surface area contributed by atoms with Crippen molar-refractivity contribution in [2.24, 2.45) is 5.73 Å². The van der Waals surface area contributed by atoms with Gasteiger partial charge in [-0.2, -0.15) is 0 Å². The molecule has 2 amide bonds. The quantitative estimate of drug-likeness (QED) is 0.683. The highest BCUT2D eigenvalue weighted by Gasteiger charge is 2.26. The predicted molar refractivity (Wildman–Crippen MR) is 78.2 cm³/mol. The second-order valence-corrected chi connectivity index (χ2v) is 5.71. The van der Waals surface area contributed by atoms with Gasteiger partial charge in [0, 0.05) is 12.7 Å². The Bertz CT molecular complexity index is 440. The van der Waals surface area contributed by atoms with Gasteiger partial charge in [-0.1, -0.05) is 12.2 Å². The van der Waals surface area contributed by atoms with Crippen molar-refractivity contribution in [3.63, 3.8) is 0 Å². The number of nitrogens with zero attached hydrogens (tertiary/aromatic N) is 1. The summed E-state index contributed by atoms with van der Waals surface area (Å²) in [6, 6.07) is -1.35. The zero-order valence-electron chi connectivity index (χ0n) is 12.6. The van der Waals surface area contributed by atoms with Gasteiger partial charge >= 0.3 is 6.09 Å². The van der Waals surface area contributed by atoms with E-state index in [9.17, 15) is 9.59 Å². The summed E-state index contributed by atoms with van der Waals surface area (Å²) < 4.78 is 5.13. The summed E-state index contributed by atoms with van der Waals surface area (Å²) in [6.07, 6.45) is 6.24. The Labute approximate surface area is 124 Å². The molecule has 0 fully saturated rings. The van der Waals surface area contributed by atoms with Gasteiger partial charge in [0.1, 0.15) is 11.6 Å². The Morgan fingerprint density at radius 3 is 2.67 bits per heavy atom. The maximum Gasteiger partial charge on any atom is 0.407 e. The number of carbonyl (C=O) groups is 2. The second kappa shape index (κ2) is 7.24. The SMILES string of the molecule is CC(C)(C)OC(=O)NCC1C=CC=CN1C(=O)[C@@H](N)CO. The molecule has 0 spiro atoms. The van der Waals surface area contributed by atoms with Crippen LogP contribution in [0.15, 0.2) is 24.4 Å². The lowest BCUT2D eigenvalue weighted by molar-refractivity contribution is -0.132. The van der Waals surface area contributed by atoms with Gasteiger partial charge in [0.2, 0.25) is 5.91 Å². The summed E-state index contributed by atoms with van der Waals surface area (Å²) in [7, 11) is 0. The zero-order valence-corrected chi connectivity index (χ0v) is 12.6. The molecule has 0 aromatic rings. The van der Waals surface area contributed by atoms with E-state index in [1.807, 2.05) is 0 Å². The van der Waals surface area contributed by atoms with Crippen LogP contribution in [0, 0.1) is 0 Å². The Kier molecular flexibility index (Phi) is 5.92. The number of aliphatic hydroxyl groups is 1. The number of aliphatic hydroxyl groups excluding tert-OH is 1. The molecular formula is C14H23N3O4. The number of amides is 2. The second-order valence-electron chi connectivity index (χ2n) is 5.71. The number of ether oxygens (including phenoxy) is 1. The summed E-state index contributed by atoms with van der Waals surface area (Å²) in [4.78, 5) is 25.0. The number of nitrogens with two attached hydrogens (primary N) is 1. The number of alkyl carbamates (subject to hydrolysis) is 1. The minimum Gasteiger partial charge on any atom is -0.444 e. The van der Waals surface area contributed by atoms with Crippen LogP contribution in [-0.4, -0.2) is 52.8 Å². The van der Waals surface area contributed by atoms with Crippen molar-refractivity contribution in [2.45, 2.75) is 38.5 Å². The number of rotatable bonds is 4. The summed E-state index contributed by atoms with van der Waals surface area (Å²) in [5.41, 5.74) is 4.96. The molecule has 0 aromatic heterocycles. The average molecular weight is 297 g/mol. The van der Waals surface area contributed by atoms with E-state index in [1.54, 1.807) is 45.2 Å². The first kappa shape index (κ1) is 17.2. The van der Waals surface area contributed by atoms with Gasteiger partial charge in [-0.05, 0) is 26.8 Å². The summed E-state index contributed by atoms with van der Waals surface area (Å²) >= 11 is 0. The molecule has 1 aliphatic heterocycles. The molecule has 4 N–H and O–H groups in total. The van der Waals surface area contributed by atoms with Gasteiger partial charge in [-0.25, -0.2) is 4.79 Å². The zero-order chi connectivity index (χ0) is 16.0. The van der Waals surface area contributed by atoms with E-state index < -0.39 is 30.3 Å². The average Bonchev–Trinajstić information content (AvgIpc) is 2.42. The van der Waals surface area contributed by atoms with E-state index in [0.717, 1.165) is 0 Å². The molecule has 7 heteroatoms. The monoisotopic (exact) mass is 297 g/mol. The van der Waals surface area contributed by atoms with Crippen LogP contribution in [0.3, 0.4) is 0 Å². The van der Waals surface area contributed by atoms with E-state index in [0.29, 0.717) is 0 Å². The Morgan fingerprint density at radius 2 is 2.10 bits per heavy atom. The summed E-state index contributed by atoms with van der Waals surface area (Å²) in [5, 5.41) is 11.6. The molecule has 1 rings (SSSR count). The lowest BCUT2D eigenvalue weighted by Gasteiger charge is -2.30. The number of hydrogen-bond donors (Lipinski definition) is 3. The van der Waals surface area contributed by atoms with Gasteiger partial charge in [0.15, 0.2) is 0 Å². The van der Waals surface area contributed by atoms with Crippen LogP contribution in [-0.2, 0) is 9.53 Å². The summed E-state index contributed by atoms with van der Waals surface area (Å²) in [6.45, 7) is 5.07. The molecule has 2 atom stereocenters. The molecule has 0 aromatic carbocycles. The van der Waals surface area contributed by atoms with Crippen molar-refractivity contribution in [2.75, 3.05) is 13.2 Å². The molecule has 21 heavy (non-hydrogen) atoms. The van der Waals surface area contributed by atoms with Gasteiger partial charge in [0.05, 0.1) is 12.6 Å².